The average molecular weight is 232 g/mol. The van der Waals surface area contributed by atoms with Gasteiger partial charge in [-0.3, -0.25) is 0 Å². The van der Waals surface area contributed by atoms with Crippen LogP contribution < -0.4 is 0 Å². The molecule has 2 rings (SSSR count). The van der Waals surface area contributed by atoms with Gasteiger partial charge in [0.1, 0.15) is 0 Å². The number of rotatable bonds is 6. The van der Waals surface area contributed by atoms with E-state index in [0.717, 1.165) is 6.42 Å². The summed E-state index contributed by atoms with van der Waals surface area (Å²) >= 11 is 0. The number of hydrogen-bond donors (Lipinski definition) is 1. The van der Waals surface area contributed by atoms with Crippen molar-refractivity contribution < 1.29 is 14.6 Å². The maximum Gasteiger partial charge on any atom is 0.331 e. The number of aliphatic carboxylic acids is 1. The van der Waals surface area contributed by atoms with Crippen LogP contribution in [0.15, 0.2) is 42.0 Å². The molecule has 1 aliphatic rings. The van der Waals surface area contributed by atoms with Crippen LogP contribution >= 0.6 is 0 Å². The Morgan fingerprint density at radius 1 is 1.35 bits per heavy atom. The summed E-state index contributed by atoms with van der Waals surface area (Å²) in [5.41, 5.74) is 1.71. The van der Waals surface area contributed by atoms with Gasteiger partial charge in [0.05, 0.1) is 6.61 Å². The lowest BCUT2D eigenvalue weighted by molar-refractivity contribution is -0.133. The highest BCUT2D eigenvalue weighted by atomic mass is 16.5. The number of benzene rings is 1. The van der Waals surface area contributed by atoms with Gasteiger partial charge in [-0.15, -0.1) is 0 Å². The topological polar surface area (TPSA) is 46.5 Å². The zero-order chi connectivity index (χ0) is 12.1. The largest absolute Gasteiger partial charge is 0.478 e. The van der Waals surface area contributed by atoms with Crippen LogP contribution in [0, 0.1) is 5.92 Å². The lowest BCUT2D eigenvalue weighted by atomic mass is 9.84. The highest BCUT2D eigenvalue weighted by Gasteiger charge is 2.23. The predicted octanol–water partition coefficient (Wildman–Crippen LogP) is 2.62. The summed E-state index contributed by atoms with van der Waals surface area (Å²) in [7, 11) is 0. The van der Waals surface area contributed by atoms with Crippen molar-refractivity contribution in [3.05, 3.63) is 47.5 Å². The van der Waals surface area contributed by atoms with Crippen LogP contribution in [0.5, 0.6) is 0 Å². The van der Waals surface area contributed by atoms with Crippen molar-refractivity contribution in [2.45, 2.75) is 19.4 Å². The minimum absolute atomic E-state index is 0.386. The van der Waals surface area contributed by atoms with Crippen molar-refractivity contribution in [3.63, 3.8) is 0 Å². The molecule has 0 saturated heterocycles. The Labute approximate surface area is 101 Å². The van der Waals surface area contributed by atoms with Crippen molar-refractivity contribution in [2.24, 2.45) is 5.92 Å². The smallest absolute Gasteiger partial charge is 0.331 e. The minimum Gasteiger partial charge on any atom is -0.478 e. The molecule has 0 aliphatic heterocycles. The van der Waals surface area contributed by atoms with Gasteiger partial charge in [0.25, 0.3) is 0 Å². The number of ether oxygens (including phenoxy) is 1. The second kappa shape index (κ2) is 5.64. The first kappa shape index (κ1) is 11.9. The Kier molecular flexibility index (Phi) is 3.94. The van der Waals surface area contributed by atoms with Crippen LogP contribution in [0.25, 0.3) is 0 Å². The van der Waals surface area contributed by atoms with Gasteiger partial charge in [-0.2, -0.15) is 0 Å². The third kappa shape index (κ3) is 3.43. The molecule has 1 atom stereocenters. The molecule has 1 aromatic rings. The molecule has 0 aromatic heterocycles. The Balaban J connectivity index is 1.61. The summed E-state index contributed by atoms with van der Waals surface area (Å²) in [4.78, 5) is 10.5. The molecular formula is C14H16O3. The zero-order valence-electron chi connectivity index (χ0n) is 9.63. The molecule has 0 bridgehead atoms. The van der Waals surface area contributed by atoms with Gasteiger partial charge in [-0.1, -0.05) is 36.4 Å². The maximum absolute atomic E-state index is 10.5. The molecular weight excluding hydrogens is 216 g/mol. The molecule has 1 aromatic carbocycles. The summed E-state index contributed by atoms with van der Waals surface area (Å²) in [6.45, 7) is 1.31. The molecule has 17 heavy (non-hydrogen) atoms. The van der Waals surface area contributed by atoms with E-state index < -0.39 is 5.97 Å². The highest BCUT2D eigenvalue weighted by Crippen LogP contribution is 2.28. The van der Waals surface area contributed by atoms with E-state index in [1.165, 1.54) is 5.56 Å². The summed E-state index contributed by atoms with van der Waals surface area (Å²) in [5.74, 6) is -0.400. The quantitative estimate of drug-likeness (QED) is 0.767. The van der Waals surface area contributed by atoms with E-state index >= 15 is 0 Å². The molecule has 0 amide bonds. The lowest BCUT2D eigenvalue weighted by Crippen LogP contribution is -2.18. The molecule has 1 unspecified atom stereocenters. The number of allylic oxidation sites excluding steroid dienone is 1. The first-order valence-electron chi connectivity index (χ1n) is 5.81. The van der Waals surface area contributed by atoms with Crippen molar-refractivity contribution in [1.82, 2.24) is 0 Å². The Morgan fingerprint density at radius 2 is 2.06 bits per heavy atom. The third-order valence-electron chi connectivity index (χ3n) is 2.94. The fourth-order valence-corrected chi connectivity index (χ4v) is 1.88. The second-order valence-corrected chi connectivity index (χ2v) is 4.29. The van der Waals surface area contributed by atoms with Gasteiger partial charge < -0.3 is 9.84 Å². The van der Waals surface area contributed by atoms with Crippen LogP contribution in [0.2, 0.25) is 0 Å². The van der Waals surface area contributed by atoms with Crippen LogP contribution in [-0.2, 0) is 16.1 Å². The lowest BCUT2D eigenvalue weighted by Gasteiger charge is -2.22. The minimum atomic E-state index is -0.786. The fraction of sp³-hybridized carbons (Fsp3) is 0.357. The number of carboxylic acids is 1. The molecule has 1 N–H and O–H groups in total. The van der Waals surface area contributed by atoms with Crippen LogP contribution in [0.4, 0.5) is 0 Å². The van der Waals surface area contributed by atoms with E-state index in [-0.39, 0.29) is 0 Å². The van der Waals surface area contributed by atoms with Crippen molar-refractivity contribution in [2.75, 3.05) is 6.61 Å². The maximum atomic E-state index is 10.5. The Hall–Kier alpha value is -1.61. The van der Waals surface area contributed by atoms with Crippen molar-refractivity contribution in [3.8, 4) is 0 Å². The van der Waals surface area contributed by atoms with Crippen molar-refractivity contribution in [1.29, 1.82) is 0 Å². The van der Waals surface area contributed by atoms with Crippen LogP contribution in [0.3, 0.4) is 0 Å². The van der Waals surface area contributed by atoms with E-state index in [1.807, 2.05) is 36.4 Å². The normalized spacial score (nSPS) is 18.4. The SMILES string of the molecule is O=C(O)C1=CC(CCOCc2ccccc2)C1. The van der Waals surface area contributed by atoms with E-state index in [1.54, 1.807) is 0 Å². The Bertz CT molecular complexity index is 409. The van der Waals surface area contributed by atoms with E-state index in [0.29, 0.717) is 31.1 Å². The van der Waals surface area contributed by atoms with Gasteiger partial charge >= 0.3 is 5.97 Å². The number of carboxylic acid groups (broad SMARTS) is 1. The zero-order valence-corrected chi connectivity index (χ0v) is 9.63. The first-order chi connectivity index (χ1) is 8.25. The van der Waals surface area contributed by atoms with Crippen LogP contribution in [0.1, 0.15) is 18.4 Å². The van der Waals surface area contributed by atoms with E-state index in [2.05, 4.69) is 0 Å². The van der Waals surface area contributed by atoms with Gasteiger partial charge in [-0.25, -0.2) is 4.79 Å². The van der Waals surface area contributed by atoms with Crippen LogP contribution in [-0.4, -0.2) is 17.7 Å². The molecule has 0 spiro atoms. The summed E-state index contributed by atoms with van der Waals surface area (Å²) in [5, 5.41) is 8.67. The molecule has 3 nitrogen and oxygen atoms in total. The first-order valence-corrected chi connectivity index (χ1v) is 5.81. The molecule has 0 fully saturated rings. The monoisotopic (exact) mass is 232 g/mol. The fourth-order valence-electron chi connectivity index (χ4n) is 1.88. The summed E-state index contributed by atoms with van der Waals surface area (Å²) < 4.78 is 5.55. The second-order valence-electron chi connectivity index (χ2n) is 4.29. The molecule has 90 valence electrons. The van der Waals surface area contributed by atoms with Gasteiger partial charge in [-0.05, 0) is 24.3 Å². The van der Waals surface area contributed by atoms with Gasteiger partial charge in [0.2, 0.25) is 0 Å². The molecule has 0 radical (unpaired) electrons. The molecule has 0 saturated carbocycles. The predicted molar refractivity (Wildman–Crippen MR) is 64.5 cm³/mol. The number of carbonyl (C=O) groups is 1. The van der Waals surface area contributed by atoms with Gasteiger partial charge in [0.15, 0.2) is 0 Å². The van der Waals surface area contributed by atoms with Crippen molar-refractivity contribution >= 4 is 5.97 Å². The standard InChI is InChI=1S/C14H16O3/c15-14(16)13-8-12(9-13)6-7-17-10-11-4-2-1-3-5-11/h1-5,8,12H,6-7,9-10H2,(H,15,16). The van der Waals surface area contributed by atoms with E-state index in [9.17, 15) is 4.79 Å². The summed E-state index contributed by atoms with van der Waals surface area (Å²) in [6.07, 6.45) is 3.42. The average Bonchev–Trinajstić information content (AvgIpc) is 2.27. The van der Waals surface area contributed by atoms with E-state index in [4.69, 9.17) is 9.84 Å². The highest BCUT2D eigenvalue weighted by molar-refractivity contribution is 5.88. The summed E-state index contributed by atoms with van der Waals surface area (Å²) in [6, 6.07) is 10.0. The third-order valence-corrected chi connectivity index (χ3v) is 2.94. The molecule has 1 aliphatic carbocycles. The number of hydrogen-bond acceptors (Lipinski definition) is 2. The molecule has 0 heterocycles. The molecule has 3 heteroatoms. The van der Waals surface area contributed by atoms with Gasteiger partial charge in [0, 0.05) is 12.2 Å². The Morgan fingerprint density at radius 3 is 2.71 bits per heavy atom.